The van der Waals surface area contributed by atoms with E-state index < -0.39 is 0 Å². The van der Waals surface area contributed by atoms with E-state index in [9.17, 15) is 4.79 Å². The molecule has 5 heteroatoms. The van der Waals surface area contributed by atoms with Gasteiger partial charge in [0.05, 0.1) is 0 Å². The molecule has 0 unspecified atom stereocenters. The van der Waals surface area contributed by atoms with Crippen molar-refractivity contribution >= 4 is 11.5 Å². The summed E-state index contributed by atoms with van der Waals surface area (Å²) in [4.78, 5) is 23.1. The van der Waals surface area contributed by atoms with Crippen LogP contribution in [0.1, 0.15) is 11.1 Å². The second-order valence-corrected chi connectivity index (χ2v) is 5.44. The SMILES string of the molecule is Cc1cccc(N2CCN(c3ncc[nH]c3=O)CC2)c1C. The van der Waals surface area contributed by atoms with Crippen LogP contribution < -0.4 is 15.4 Å². The summed E-state index contributed by atoms with van der Waals surface area (Å²) in [6.07, 6.45) is 3.20. The lowest BCUT2D eigenvalue weighted by molar-refractivity contribution is 0.643. The molecule has 1 fully saturated rings. The summed E-state index contributed by atoms with van der Waals surface area (Å²) >= 11 is 0. The van der Waals surface area contributed by atoms with Crippen molar-refractivity contribution in [3.63, 3.8) is 0 Å². The van der Waals surface area contributed by atoms with Crippen LogP contribution in [0.4, 0.5) is 11.5 Å². The van der Waals surface area contributed by atoms with Gasteiger partial charge in [0.25, 0.3) is 5.56 Å². The molecular weight excluding hydrogens is 264 g/mol. The number of aromatic nitrogens is 2. The molecule has 0 radical (unpaired) electrons. The maximum atomic E-state index is 11.8. The second-order valence-electron chi connectivity index (χ2n) is 5.44. The minimum Gasteiger partial charge on any atom is -0.368 e. The lowest BCUT2D eigenvalue weighted by Crippen LogP contribution is -2.48. The minimum atomic E-state index is -0.113. The van der Waals surface area contributed by atoms with Gasteiger partial charge in [-0.3, -0.25) is 4.79 Å². The van der Waals surface area contributed by atoms with Crippen molar-refractivity contribution in [2.45, 2.75) is 13.8 Å². The number of benzene rings is 1. The Morgan fingerprint density at radius 1 is 1.10 bits per heavy atom. The third-order valence-corrected chi connectivity index (χ3v) is 4.18. The summed E-state index contributed by atoms with van der Waals surface area (Å²) < 4.78 is 0. The lowest BCUT2D eigenvalue weighted by atomic mass is 10.1. The normalized spacial score (nSPS) is 15.3. The van der Waals surface area contributed by atoms with Crippen LogP contribution in [0.25, 0.3) is 0 Å². The fourth-order valence-corrected chi connectivity index (χ4v) is 2.81. The molecule has 0 aliphatic carbocycles. The highest BCUT2D eigenvalue weighted by Gasteiger charge is 2.21. The van der Waals surface area contributed by atoms with Crippen molar-refractivity contribution in [1.29, 1.82) is 0 Å². The molecular formula is C16H20N4O. The second kappa shape index (κ2) is 5.60. The summed E-state index contributed by atoms with van der Waals surface area (Å²) in [6, 6.07) is 6.42. The Morgan fingerprint density at radius 2 is 1.81 bits per heavy atom. The van der Waals surface area contributed by atoms with Gasteiger partial charge in [0.15, 0.2) is 5.82 Å². The number of aromatic amines is 1. The van der Waals surface area contributed by atoms with E-state index in [1.165, 1.54) is 16.8 Å². The Labute approximate surface area is 124 Å². The van der Waals surface area contributed by atoms with E-state index in [-0.39, 0.29) is 5.56 Å². The topological polar surface area (TPSA) is 52.2 Å². The molecule has 21 heavy (non-hydrogen) atoms. The molecule has 1 saturated heterocycles. The van der Waals surface area contributed by atoms with Crippen molar-refractivity contribution in [2.75, 3.05) is 36.0 Å². The third-order valence-electron chi connectivity index (χ3n) is 4.18. The highest BCUT2D eigenvalue weighted by molar-refractivity contribution is 5.57. The molecule has 1 N–H and O–H groups in total. The highest BCUT2D eigenvalue weighted by Crippen LogP contribution is 2.24. The molecule has 1 aliphatic rings. The van der Waals surface area contributed by atoms with Crippen LogP contribution in [-0.4, -0.2) is 36.1 Å². The van der Waals surface area contributed by atoms with Crippen LogP contribution in [0.3, 0.4) is 0 Å². The molecule has 0 atom stereocenters. The van der Waals surface area contributed by atoms with Gasteiger partial charge in [0, 0.05) is 44.3 Å². The summed E-state index contributed by atoms with van der Waals surface area (Å²) in [7, 11) is 0. The number of anilines is 2. The maximum absolute atomic E-state index is 11.8. The van der Waals surface area contributed by atoms with Crippen LogP contribution in [0.15, 0.2) is 35.4 Å². The molecule has 5 nitrogen and oxygen atoms in total. The largest absolute Gasteiger partial charge is 0.368 e. The zero-order valence-corrected chi connectivity index (χ0v) is 12.5. The minimum absolute atomic E-state index is 0.113. The molecule has 1 aromatic heterocycles. The highest BCUT2D eigenvalue weighted by atomic mass is 16.1. The first-order chi connectivity index (χ1) is 10.2. The van der Waals surface area contributed by atoms with Gasteiger partial charge in [0.2, 0.25) is 0 Å². The number of nitrogens with zero attached hydrogens (tertiary/aromatic N) is 3. The third kappa shape index (κ3) is 2.63. The fraction of sp³-hybridized carbons (Fsp3) is 0.375. The van der Waals surface area contributed by atoms with Crippen molar-refractivity contribution in [3.8, 4) is 0 Å². The average Bonchev–Trinajstić information content (AvgIpc) is 2.51. The summed E-state index contributed by atoms with van der Waals surface area (Å²) in [5.41, 5.74) is 3.83. The number of nitrogens with one attached hydrogen (secondary N) is 1. The number of hydrogen-bond acceptors (Lipinski definition) is 4. The Hall–Kier alpha value is -2.30. The van der Waals surface area contributed by atoms with E-state index in [0.717, 1.165) is 26.2 Å². The van der Waals surface area contributed by atoms with Gasteiger partial charge < -0.3 is 14.8 Å². The molecule has 0 saturated carbocycles. The molecule has 0 amide bonds. The maximum Gasteiger partial charge on any atom is 0.290 e. The van der Waals surface area contributed by atoms with Gasteiger partial charge in [-0.1, -0.05) is 12.1 Å². The van der Waals surface area contributed by atoms with Crippen LogP contribution in [0.2, 0.25) is 0 Å². The van der Waals surface area contributed by atoms with Crippen molar-refractivity contribution in [3.05, 3.63) is 52.1 Å². The van der Waals surface area contributed by atoms with E-state index in [1.807, 2.05) is 0 Å². The Bertz CT molecular complexity index is 687. The summed E-state index contributed by atoms with van der Waals surface area (Å²) in [5, 5.41) is 0. The standard InChI is InChI=1S/C16H20N4O/c1-12-4-3-5-14(13(12)2)19-8-10-20(11-9-19)15-16(21)18-7-6-17-15/h3-7H,8-11H2,1-2H3,(H,18,21). The predicted octanol–water partition coefficient (Wildman–Crippen LogP) is 1.71. The predicted molar refractivity (Wildman–Crippen MR) is 85.2 cm³/mol. The molecule has 2 heterocycles. The van der Waals surface area contributed by atoms with Crippen LogP contribution in [-0.2, 0) is 0 Å². The van der Waals surface area contributed by atoms with Crippen molar-refractivity contribution < 1.29 is 0 Å². The molecule has 1 aliphatic heterocycles. The summed E-state index contributed by atoms with van der Waals surface area (Å²) in [6.45, 7) is 7.74. The first kappa shape index (κ1) is 13.7. The van der Waals surface area contributed by atoms with Crippen LogP contribution >= 0.6 is 0 Å². The quantitative estimate of drug-likeness (QED) is 0.912. The number of piperazine rings is 1. The smallest absolute Gasteiger partial charge is 0.290 e. The van der Waals surface area contributed by atoms with E-state index in [1.54, 1.807) is 12.4 Å². The molecule has 0 bridgehead atoms. The first-order valence-electron chi connectivity index (χ1n) is 7.26. The molecule has 3 rings (SSSR count). The molecule has 2 aromatic rings. The van der Waals surface area contributed by atoms with E-state index in [4.69, 9.17) is 0 Å². The monoisotopic (exact) mass is 284 g/mol. The van der Waals surface area contributed by atoms with Crippen LogP contribution in [0.5, 0.6) is 0 Å². The fourth-order valence-electron chi connectivity index (χ4n) is 2.81. The number of H-pyrrole nitrogens is 1. The average molecular weight is 284 g/mol. The van der Waals surface area contributed by atoms with E-state index in [2.05, 4.69) is 51.8 Å². The first-order valence-corrected chi connectivity index (χ1v) is 7.26. The zero-order valence-electron chi connectivity index (χ0n) is 12.5. The van der Waals surface area contributed by atoms with Gasteiger partial charge >= 0.3 is 0 Å². The van der Waals surface area contributed by atoms with E-state index >= 15 is 0 Å². The summed E-state index contributed by atoms with van der Waals surface area (Å²) in [5.74, 6) is 0.526. The molecule has 1 aromatic carbocycles. The number of hydrogen-bond donors (Lipinski definition) is 1. The number of rotatable bonds is 2. The van der Waals surface area contributed by atoms with Crippen LogP contribution in [0, 0.1) is 13.8 Å². The van der Waals surface area contributed by atoms with Gasteiger partial charge in [-0.05, 0) is 31.0 Å². The zero-order chi connectivity index (χ0) is 14.8. The Kier molecular flexibility index (Phi) is 3.64. The van der Waals surface area contributed by atoms with Crippen molar-refractivity contribution in [2.24, 2.45) is 0 Å². The molecule has 0 spiro atoms. The van der Waals surface area contributed by atoms with Crippen molar-refractivity contribution in [1.82, 2.24) is 9.97 Å². The molecule has 110 valence electrons. The van der Waals surface area contributed by atoms with Gasteiger partial charge in [-0.2, -0.15) is 0 Å². The van der Waals surface area contributed by atoms with Gasteiger partial charge in [-0.25, -0.2) is 4.98 Å². The lowest BCUT2D eigenvalue weighted by Gasteiger charge is -2.37. The number of aryl methyl sites for hydroxylation is 1. The van der Waals surface area contributed by atoms with Gasteiger partial charge in [-0.15, -0.1) is 0 Å². The van der Waals surface area contributed by atoms with Gasteiger partial charge in [0.1, 0.15) is 0 Å². The Balaban J connectivity index is 1.75. The van der Waals surface area contributed by atoms with E-state index in [0.29, 0.717) is 5.82 Å². The Morgan fingerprint density at radius 3 is 2.52 bits per heavy atom.